The lowest BCUT2D eigenvalue weighted by Crippen LogP contribution is -2.14. The van der Waals surface area contributed by atoms with Crippen molar-refractivity contribution >= 4 is 16.9 Å². The number of hydrogen-bond donors (Lipinski definition) is 0. The molecule has 4 aromatic rings. The second-order valence-electron chi connectivity index (χ2n) is 6.95. The van der Waals surface area contributed by atoms with Gasteiger partial charge in [0.1, 0.15) is 13.2 Å². The number of para-hydroxylation sites is 1. The molecular formula is C25H20N2O2. The van der Waals surface area contributed by atoms with E-state index in [1.807, 2.05) is 78.2 Å². The zero-order valence-corrected chi connectivity index (χ0v) is 16.1. The minimum atomic E-state index is -0.270. The van der Waals surface area contributed by atoms with Gasteiger partial charge in [0.05, 0.1) is 11.6 Å². The normalized spacial score (nSPS) is 10.6. The molecule has 0 saturated heterocycles. The summed E-state index contributed by atoms with van der Waals surface area (Å²) < 4.78 is 7.46. The van der Waals surface area contributed by atoms with Gasteiger partial charge in [0.25, 0.3) is 0 Å². The predicted octanol–water partition coefficient (Wildman–Crippen LogP) is 5.23. The van der Waals surface area contributed by atoms with Crippen molar-refractivity contribution in [3.8, 4) is 17.2 Å². The van der Waals surface area contributed by atoms with E-state index in [1.165, 1.54) is 0 Å². The quantitative estimate of drug-likeness (QED) is 0.445. The number of ether oxygens (including phenoxy) is 1. The zero-order valence-electron chi connectivity index (χ0n) is 16.1. The second-order valence-corrected chi connectivity index (χ2v) is 6.95. The van der Waals surface area contributed by atoms with Crippen LogP contribution in [0.4, 0.5) is 0 Å². The highest BCUT2D eigenvalue weighted by atomic mass is 16.5. The third kappa shape index (κ3) is 3.90. The molecule has 0 radical (unpaired) electrons. The van der Waals surface area contributed by atoms with E-state index in [0.29, 0.717) is 5.56 Å². The van der Waals surface area contributed by atoms with Crippen molar-refractivity contribution in [1.29, 1.82) is 5.26 Å². The van der Waals surface area contributed by atoms with Crippen molar-refractivity contribution in [2.45, 2.75) is 20.1 Å². The molecule has 0 aliphatic rings. The van der Waals surface area contributed by atoms with Crippen LogP contribution in [0.15, 0.2) is 78.9 Å². The van der Waals surface area contributed by atoms with Crippen molar-refractivity contribution in [2.24, 2.45) is 0 Å². The number of benzene rings is 3. The van der Waals surface area contributed by atoms with Gasteiger partial charge in [0, 0.05) is 11.2 Å². The molecule has 4 nitrogen and oxygen atoms in total. The fourth-order valence-electron chi connectivity index (χ4n) is 3.51. The second kappa shape index (κ2) is 8.04. The number of aromatic nitrogens is 1. The summed E-state index contributed by atoms with van der Waals surface area (Å²) in [4.78, 5) is 12.4. The van der Waals surface area contributed by atoms with Gasteiger partial charge in [-0.15, -0.1) is 0 Å². The Hall–Kier alpha value is -3.84. The molecule has 142 valence electrons. The molecule has 0 fully saturated rings. The van der Waals surface area contributed by atoms with Crippen molar-refractivity contribution < 1.29 is 9.53 Å². The van der Waals surface area contributed by atoms with Crippen LogP contribution >= 0.6 is 0 Å². The molecule has 29 heavy (non-hydrogen) atoms. The maximum atomic E-state index is 12.4. The molecule has 0 amide bonds. The summed E-state index contributed by atoms with van der Waals surface area (Å²) in [6.07, 6.45) is 0. The Kier molecular flexibility index (Phi) is 5.13. The number of hydrogen-bond acceptors (Lipinski definition) is 3. The van der Waals surface area contributed by atoms with Crippen molar-refractivity contribution in [2.75, 3.05) is 0 Å². The van der Waals surface area contributed by atoms with Gasteiger partial charge in [-0.05, 0) is 47.2 Å². The van der Waals surface area contributed by atoms with Gasteiger partial charge in [0.15, 0.2) is 0 Å². The average Bonchev–Trinajstić information content (AvgIpc) is 3.07. The Bertz CT molecular complexity index is 1210. The molecule has 0 aliphatic heterocycles. The molecule has 0 saturated carbocycles. The van der Waals surface area contributed by atoms with E-state index < -0.39 is 0 Å². The maximum Gasteiger partial charge on any atom is 0.326 e. The molecule has 0 N–H and O–H groups in total. The van der Waals surface area contributed by atoms with Gasteiger partial charge in [0.2, 0.25) is 0 Å². The van der Waals surface area contributed by atoms with E-state index >= 15 is 0 Å². The summed E-state index contributed by atoms with van der Waals surface area (Å²) >= 11 is 0. The van der Waals surface area contributed by atoms with Crippen molar-refractivity contribution in [1.82, 2.24) is 4.57 Å². The first kappa shape index (κ1) is 18.5. The van der Waals surface area contributed by atoms with Crippen LogP contribution in [-0.2, 0) is 22.7 Å². The van der Waals surface area contributed by atoms with Crippen molar-refractivity contribution in [3.63, 3.8) is 0 Å². The third-order valence-electron chi connectivity index (χ3n) is 5.02. The molecule has 4 rings (SSSR count). The summed E-state index contributed by atoms with van der Waals surface area (Å²) in [5, 5.41) is 10.4. The highest BCUT2D eigenvalue weighted by molar-refractivity contribution is 5.83. The van der Waals surface area contributed by atoms with E-state index in [1.54, 1.807) is 6.07 Å². The number of nitriles is 1. The SMILES string of the molecule is Cc1cc2ccccc2n1CC(=O)OCc1ccc(-c2ccccc2C#N)cc1. The fraction of sp³-hybridized carbons (Fsp3) is 0.120. The van der Waals surface area contributed by atoms with Crippen LogP contribution in [0.25, 0.3) is 22.0 Å². The molecule has 0 bridgehead atoms. The lowest BCUT2D eigenvalue weighted by atomic mass is 9.99. The standard InChI is InChI=1S/C25H20N2O2/c1-18-14-21-6-3-5-9-24(21)27(18)16-25(28)29-17-19-10-12-20(13-11-19)23-8-4-2-7-22(23)15-26/h2-14H,16-17H2,1H3. The molecule has 0 aliphatic carbocycles. The van der Waals surface area contributed by atoms with Crippen molar-refractivity contribution in [3.05, 3.63) is 95.7 Å². The summed E-state index contributed by atoms with van der Waals surface area (Å²) in [6, 6.07) is 27.5. The topological polar surface area (TPSA) is 55.0 Å². The Morgan fingerprint density at radius 3 is 2.52 bits per heavy atom. The first-order valence-corrected chi connectivity index (χ1v) is 9.44. The molecule has 0 atom stereocenters. The van der Waals surface area contributed by atoms with Crippen LogP contribution in [0.3, 0.4) is 0 Å². The lowest BCUT2D eigenvalue weighted by Gasteiger charge is -2.10. The van der Waals surface area contributed by atoms with Crippen LogP contribution in [0.5, 0.6) is 0 Å². The summed E-state index contributed by atoms with van der Waals surface area (Å²) in [7, 11) is 0. The van der Waals surface area contributed by atoms with Gasteiger partial charge >= 0.3 is 5.97 Å². The first-order chi connectivity index (χ1) is 14.2. The average molecular weight is 380 g/mol. The lowest BCUT2D eigenvalue weighted by molar-refractivity contribution is -0.145. The number of nitrogens with zero attached hydrogens (tertiary/aromatic N) is 2. The molecular weight excluding hydrogens is 360 g/mol. The largest absolute Gasteiger partial charge is 0.459 e. The Labute approximate surface area is 169 Å². The molecule has 0 spiro atoms. The third-order valence-corrected chi connectivity index (χ3v) is 5.02. The van der Waals surface area contributed by atoms with Crippen LogP contribution in [-0.4, -0.2) is 10.5 Å². The van der Waals surface area contributed by atoms with Crippen LogP contribution < -0.4 is 0 Å². The zero-order chi connectivity index (χ0) is 20.2. The smallest absolute Gasteiger partial charge is 0.326 e. The summed E-state index contributed by atoms with van der Waals surface area (Å²) in [5.41, 5.74) is 5.47. The van der Waals surface area contributed by atoms with Gasteiger partial charge in [-0.3, -0.25) is 4.79 Å². The summed E-state index contributed by atoms with van der Waals surface area (Å²) in [5.74, 6) is -0.270. The number of rotatable bonds is 5. The fourth-order valence-corrected chi connectivity index (χ4v) is 3.51. The highest BCUT2D eigenvalue weighted by Crippen LogP contribution is 2.24. The van der Waals surface area contributed by atoms with Gasteiger partial charge in [-0.2, -0.15) is 5.26 Å². The first-order valence-electron chi connectivity index (χ1n) is 9.44. The van der Waals surface area contributed by atoms with Gasteiger partial charge in [-0.25, -0.2) is 0 Å². The Morgan fingerprint density at radius 1 is 1.00 bits per heavy atom. The summed E-state index contributed by atoms with van der Waals surface area (Å²) in [6.45, 7) is 2.40. The minimum absolute atomic E-state index is 0.187. The number of carbonyl (C=O) groups excluding carboxylic acids is 1. The monoisotopic (exact) mass is 380 g/mol. The molecule has 0 unspecified atom stereocenters. The molecule has 1 aromatic heterocycles. The van der Waals surface area contributed by atoms with E-state index in [4.69, 9.17) is 4.74 Å². The van der Waals surface area contributed by atoms with Crippen LogP contribution in [0.1, 0.15) is 16.8 Å². The number of aryl methyl sites for hydroxylation is 1. The Morgan fingerprint density at radius 2 is 1.72 bits per heavy atom. The van der Waals surface area contributed by atoms with E-state index in [-0.39, 0.29) is 19.1 Å². The molecule has 3 aromatic carbocycles. The van der Waals surface area contributed by atoms with E-state index in [9.17, 15) is 10.1 Å². The Balaban J connectivity index is 1.42. The maximum absolute atomic E-state index is 12.4. The van der Waals surface area contributed by atoms with Crippen LogP contribution in [0, 0.1) is 18.3 Å². The van der Waals surface area contributed by atoms with E-state index in [2.05, 4.69) is 12.1 Å². The highest BCUT2D eigenvalue weighted by Gasteiger charge is 2.11. The number of esters is 1. The molecule has 1 heterocycles. The minimum Gasteiger partial charge on any atom is -0.459 e. The van der Waals surface area contributed by atoms with E-state index in [0.717, 1.165) is 33.3 Å². The number of fused-ring (bicyclic) bond motifs is 1. The predicted molar refractivity (Wildman–Crippen MR) is 113 cm³/mol. The number of carbonyl (C=O) groups is 1. The molecule has 4 heteroatoms. The van der Waals surface area contributed by atoms with Gasteiger partial charge < -0.3 is 9.30 Å². The van der Waals surface area contributed by atoms with Crippen LogP contribution in [0.2, 0.25) is 0 Å². The van der Waals surface area contributed by atoms with Gasteiger partial charge in [-0.1, -0.05) is 60.7 Å².